The van der Waals surface area contributed by atoms with Crippen LogP contribution in [0.25, 0.3) is 33.7 Å². The Bertz CT molecular complexity index is 1350. The number of hydrogen-bond acceptors (Lipinski definition) is 6. The van der Waals surface area contributed by atoms with Crippen molar-refractivity contribution in [3.8, 4) is 22.5 Å². The van der Waals surface area contributed by atoms with Gasteiger partial charge in [-0.2, -0.15) is 0 Å². The lowest BCUT2D eigenvalue weighted by Crippen LogP contribution is -2.52. The molecule has 1 aliphatic carbocycles. The summed E-state index contributed by atoms with van der Waals surface area (Å²) in [7, 11) is 0. The molecule has 180 valence electrons. The number of aliphatic hydroxyl groups is 1. The highest BCUT2D eigenvalue weighted by molar-refractivity contribution is 5.98. The Morgan fingerprint density at radius 1 is 1.09 bits per heavy atom. The molecule has 35 heavy (non-hydrogen) atoms. The molecule has 0 unspecified atom stereocenters. The van der Waals surface area contributed by atoms with E-state index in [1.165, 1.54) is 6.20 Å². The van der Waals surface area contributed by atoms with Gasteiger partial charge in [-0.3, -0.25) is 0 Å². The van der Waals surface area contributed by atoms with E-state index in [9.17, 15) is 9.90 Å². The molecule has 5 rings (SSSR count). The molecule has 4 aromatic rings. The maximum absolute atomic E-state index is 12.5. The minimum atomic E-state index is -0.550. The summed E-state index contributed by atoms with van der Waals surface area (Å²) in [4.78, 5) is 21.5. The fraction of sp³-hybridized carbons (Fsp3) is 0.321. The number of carbonyl (C=O) groups is 1. The van der Waals surface area contributed by atoms with E-state index < -0.39 is 17.2 Å². The number of benzene rings is 2. The molecule has 1 amide bonds. The SMILES string of the molecule is CC(C)(C)OC(=O)NC1(c2ccc(-c3oc4ncc(CO)nc4c3-c3ccccc3)cc2)CCC1. The summed E-state index contributed by atoms with van der Waals surface area (Å²) in [6, 6.07) is 18.0. The van der Waals surface area contributed by atoms with Gasteiger partial charge in [-0.05, 0) is 51.2 Å². The second kappa shape index (κ2) is 8.82. The number of ether oxygens (including phenoxy) is 1. The number of aromatic nitrogens is 2. The maximum atomic E-state index is 12.5. The van der Waals surface area contributed by atoms with Crippen molar-refractivity contribution in [1.29, 1.82) is 0 Å². The second-order valence-corrected chi connectivity index (χ2v) is 9.99. The van der Waals surface area contributed by atoms with Gasteiger partial charge in [-0.1, -0.05) is 54.6 Å². The summed E-state index contributed by atoms with van der Waals surface area (Å²) in [6.45, 7) is 5.39. The molecular weight excluding hydrogens is 442 g/mol. The highest BCUT2D eigenvalue weighted by Gasteiger charge is 2.41. The third-order valence-corrected chi connectivity index (χ3v) is 6.32. The summed E-state index contributed by atoms with van der Waals surface area (Å²) in [5.74, 6) is 0.663. The lowest BCUT2D eigenvalue weighted by Gasteiger charge is -2.43. The first kappa shape index (κ1) is 23.1. The molecule has 7 heteroatoms. The van der Waals surface area contributed by atoms with Gasteiger partial charge in [-0.25, -0.2) is 14.8 Å². The van der Waals surface area contributed by atoms with Crippen molar-refractivity contribution in [3.63, 3.8) is 0 Å². The Morgan fingerprint density at radius 3 is 2.40 bits per heavy atom. The minimum absolute atomic E-state index is 0.195. The van der Waals surface area contributed by atoms with Gasteiger partial charge in [0.15, 0.2) is 0 Å². The van der Waals surface area contributed by atoms with E-state index in [4.69, 9.17) is 9.15 Å². The number of rotatable bonds is 5. The molecule has 1 fully saturated rings. The van der Waals surface area contributed by atoms with Crippen molar-refractivity contribution in [2.24, 2.45) is 0 Å². The Hall–Kier alpha value is -3.71. The number of nitrogens with zero attached hydrogens (tertiary/aromatic N) is 2. The Balaban J connectivity index is 1.52. The molecule has 2 N–H and O–H groups in total. The zero-order valence-corrected chi connectivity index (χ0v) is 20.2. The zero-order valence-electron chi connectivity index (χ0n) is 20.2. The molecule has 0 radical (unpaired) electrons. The van der Waals surface area contributed by atoms with Crippen LogP contribution < -0.4 is 5.32 Å². The average molecular weight is 472 g/mol. The van der Waals surface area contributed by atoms with Crippen LogP contribution in [0.5, 0.6) is 0 Å². The van der Waals surface area contributed by atoms with E-state index in [-0.39, 0.29) is 6.61 Å². The molecule has 1 aliphatic rings. The second-order valence-electron chi connectivity index (χ2n) is 9.99. The predicted octanol–water partition coefficient (Wildman–Crippen LogP) is 5.95. The number of furan rings is 1. The highest BCUT2D eigenvalue weighted by atomic mass is 16.6. The first-order valence-corrected chi connectivity index (χ1v) is 11.8. The van der Waals surface area contributed by atoms with Gasteiger partial charge in [0.25, 0.3) is 0 Å². The molecule has 2 aromatic heterocycles. The molecule has 7 nitrogen and oxygen atoms in total. The quantitative estimate of drug-likeness (QED) is 0.373. The molecule has 0 saturated heterocycles. The number of fused-ring (bicyclic) bond motifs is 1. The van der Waals surface area contributed by atoms with Gasteiger partial charge in [0.05, 0.1) is 29.6 Å². The van der Waals surface area contributed by atoms with Gasteiger partial charge < -0.3 is 19.6 Å². The lowest BCUT2D eigenvalue weighted by molar-refractivity contribution is 0.0377. The fourth-order valence-corrected chi connectivity index (χ4v) is 4.52. The molecule has 0 aliphatic heterocycles. The minimum Gasteiger partial charge on any atom is -0.444 e. The van der Waals surface area contributed by atoms with E-state index in [0.717, 1.165) is 41.5 Å². The van der Waals surface area contributed by atoms with E-state index in [1.54, 1.807) is 0 Å². The molecule has 0 spiro atoms. The van der Waals surface area contributed by atoms with Crippen molar-refractivity contribution < 1.29 is 19.1 Å². The van der Waals surface area contributed by atoms with E-state index in [2.05, 4.69) is 15.3 Å². The first-order valence-electron chi connectivity index (χ1n) is 11.8. The van der Waals surface area contributed by atoms with E-state index in [1.807, 2.05) is 75.4 Å². The summed E-state index contributed by atoms with van der Waals surface area (Å²) in [5, 5.41) is 12.7. The van der Waals surface area contributed by atoms with Gasteiger partial charge in [0.1, 0.15) is 16.9 Å². The molecule has 1 saturated carbocycles. The third-order valence-electron chi connectivity index (χ3n) is 6.32. The van der Waals surface area contributed by atoms with Crippen molar-refractivity contribution in [3.05, 3.63) is 72.1 Å². The van der Waals surface area contributed by atoms with Gasteiger partial charge in [0.2, 0.25) is 5.71 Å². The van der Waals surface area contributed by atoms with Crippen molar-refractivity contribution >= 4 is 17.3 Å². The van der Waals surface area contributed by atoms with Crippen LogP contribution in [0.1, 0.15) is 51.3 Å². The van der Waals surface area contributed by atoms with Crippen LogP contribution in [0.15, 0.2) is 65.2 Å². The van der Waals surface area contributed by atoms with Crippen molar-refractivity contribution in [2.75, 3.05) is 0 Å². The number of aliphatic hydroxyl groups excluding tert-OH is 1. The number of alkyl carbamates (subject to hydrolysis) is 1. The number of amides is 1. The van der Waals surface area contributed by atoms with Crippen LogP contribution in [0, 0.1) is 0 Å². The lowest BCUT2D eigenvalue weighted by atomic mass is 9.71. The number of nitrogens with one attached hydrogen (secondary N) is 1. The fourth-order valence-electron chi connectivity index (χ4n) is 4.52. The largest absolute Gasteiger partial charge is 0.444 e. The van der Waals surface area contributed by atoms with Gasteiger partial charge in [0, 0.05) is 5.56 Å². The molecular formula is C28H29N3O4. The standard InChI is InChI=1S/C28H29N3O4/c1-27(2,3)35-26(33)31-28(14-7-15-28)20-12-10-19(11-13-20)24-22(18-8-5-4-6-9-18)23-25(34-24)29-16-21(17-32)30-23/h4-6,8-13,16,32H,7,14-15,17H2,1-3H3,(H,31,33). The monoisotopic (exact) mass is 471 g/mol. The predicted molar refractivity (Wildman–Crippen MR) is 133 cm³/mol. The topological polar surface area (TPSA) is 97.5 Å². The molecule has 2 aromatic carbocycles. The molecule has 2 heterocycles. The van der Waals surface area contributed by atoms with Gasteiger partial charge in [-0.15, -0.1) is 0 Å². The molecule has 0 atom stereocenters. The highest BCUT2D eigenvalue weighted by Crippen LogP contribution is 2.43. The number of hydrogen-bond donors (Lipinski definition) is 2. The van der Waals surface area contributed by atoms with Crippen molar-refractivity contribution in [1.82, 2.24) is 15.3 Å². The summed E-state index contributed by atoms with van der Waals surface area (Å²) < 4.78 is 11.7. The average Bonchev–Trinajstić information content (AvgIpc) is 3.19. The summed E-state index contributed by atoms with van der Waals surface area (Å²) >= 11 is 0. The van der Waals surface area contributed by atoms with E-state index in [0.29, 0.717) is 22.7 Å². The van der Waals surface area contributed by atoms with Crippen LogP contribution in [-0.4, -0.2) is 26.8 Å². The normalized spacial score (nSPS) is 15.0. The Kier molecular flexibility index (Phi) is 5.81. The van der Waals surface area contributed by atoms with Gasteiger partial charge >= 0.3 is 6.09 Å². The van der Waals surface area contributed by atoms with E-state index >= 15 is 0 Å². The Morgan fingerprint density at radius 2 is 1.80 bits per heavy atom. The van der Waals surface area contributed by atoms with Crippen molar-refractivity contribution in [2.45, 2.75) is 57.8 Å². The summed E-state index contributed by atoms with van der Waals surface area (Å²) in [5.41, 5.74) is 4.25. The Labute approximate surface area is 204 Å². The third kappa shape index (κ3) is 4.51. The maximum Gasteiger partial charge on any atom is 0.408 e. The van der Waals surface area contributed by atoms with Crippen LogP contribution in [-0.2, 0) is 16.9 Å². The zero-order chi connectivity index (χ0) is 24.6. The van der Waals surface area contributed by atoms with Crippen LogP contribution in [0.4, 0.5) is 4.79 Å². The molecule has 0 bridgehead atoms. The van der Waals surface area contributed by atoms with Crippen LogP contribution >= 0.6 is 0 Å². The first-order chi connectivity index (χ1) is 16.8. The van der Waals surface area contributed by atoms with Crippen LogP contribution in [0.3, 0.4) is 0 Å². The summed E-state index contributed by atoms with van der Waals surface area (Å²) in [6.07, 6.45) is 3.90. The van der Waals surface area contributed by atoms with Crippen LogP contribution in [0.2, 0.25) is 0 Å². The number of carbonyl (C=O) groups excluding carboxylic acids is 1. The smallest absolute Gasteiger partial charge is 0.408 e.